The van der Waals surface area contributed by atoms with Gasteiger partial charge < -0.3 is 5.32 Å². The van der Waals surface area contributed by atoms with Crippen LogP contribution in [-0.2, 0) is 6.54 Å². The first-order valence-corrected chi connectivity index (χ1v) is 11.0. The number of thioether (sulfide) groups is 1. The lowest BCUT2D eigenvalue weighted by molar-refractivity contribution is 0.824. The van der Waals surface area contributed by atoms with Gasteiger partial charge in [0.05, 0.1) is 6.20 Å². The molecule has 3 heterocycles. The molecule has 0 aliphatic carbocycles. The maximum Gasteiger partial charge on any atom is 0.228 e. The number of thiophene rings is 1. The lowest BCUT2D eigenvalue weighted by atomic mass is 10.1. The molecule has 5 nitrogen and oxygen atoms in total. The Kier molecular flexibility index (Phi) is 5.13. The van der Waals surface area contributed by atoms with Crippen LogP contribution in [0.3, 0.4) is 0 Å². The lowest BCUT2D eigenvalue weighted by Gasteiger charge is -2.10. The van der Waals surface area contributed by atoms with Gasteiger partial charge in [-0.2, -0.15) is 25.9 Å². The minimum atomic E-state index is 0.365. The number of hydrogen-bond acceptors (Lipinski definition) is 6. The molecule has 0 saturated carbocycles. The maximum atomic E-state index is 4.64. The quantitative estimate of drug-likeness (QED) is 0.448. The van der Waals surface area contributed by atoms with Crippen molar-refractivity contribution in [1.29, 1.82) is 0 Å². The summed E-state index contributed by atoms with van der Waals surface area (Å²) in [7, 11) is 0. The topological polar surface area (TPSA) is 55.1 Å². The van der Waals surface area contributed by atoms with E-state index in [0.717, 1.165) is 22.3 Å². The molecule has 0 aliphatic heterocycles. The van der Waals surface area contributed by atoms with Crippen molar-refractivity contribution < 1.29 is 0 Å². The van der Waals surface area contributed by atoms with Crippen LogP contribution in [0.4, 0.5) is 5.95 Å². The molecular formula is C20H21N5S2. The predicted molar refractivity (Wildman–Crippen MR) is 114 cm³/mol. The Bertz CT molecular complexity index is 1040. The number of nitrogens with zero attached hydrogens (tertiary/aromatic N) is 4. The van der Waals surface area contributed by atoms with Crippen LogP contribution in [0.15, 0.2) is 52.4 Å². The number of hydrogen-bond donors (Lipinski definition) is 1. The SMILES string of the molecule is CSc1nc(NCc2ccc(-c3ccsc3)cc2)n2ncc(C(C)C)c2n1. The second-order valence-electron chi connectivity index (χ2n) is 6.59. The van der Waals surface area contributed by atoms with Gasteiger partial charge in [-0.05, 0) is 45.7 Å². The summed E-state index contributed by atoms with van der Waals surface area (Å²) >= 11 is 3.26. The molecule has 4 rings (SSSR count). The van der Waals surface area contributed by atoms with E-state index in [9.17, 15) is 0 Å². The highest BCUT2D eigenvalue weighted by Gasteiger charge is 2.14. The Labute approximate surface area is 166 Å². The fourth-order valence-corrected chi connectivity index (χ4v) is 3.93. The maximum absolute atomic E-state index is 4.64. The van der Waals surface area contributed by atoms with Gasteiger partial charge in [0.15, 0.2) is 10.8 Å². The molecule has 4 aromatic rings. The van der Waals surface area contributed by atoms with Gasteiger partial charge >= 0.3 is 0 Å². The van der Waals surface area contributed by atoms with E-state index < -0.39 is 0 Å². The van der Waals surface area contributed by atoms with Gasteiger partial charge in [-0.1, -0.05) is 49.9 Å². The molecule has 7 heteroatoms. The third kappa shape index (κ3) is 3.70. The van der Waals surface area contributed by atoms with E-state index in [1.165, 1.54) is 16.7 Å². The molecule has 0 radical (unpaired) electrons. The summed E-state index contributed by atoms with van der Waals surface area (Å²) in [5.74, 6) is 1.09. The second kappa shape index (κ2) is 7.70. The van der Waals surface area contributed by atoms with Crippen molar-refractivity contribution in [2.24, 2.45) is 0 Å². The summed E-state index contributed by atoms with van der Waals surface area (Å²) in [6.07, 6.45) is 3.88. The smallest absolute Gasteiger partial charge is 0.228 e. The minimum Gasteiger partial charge on any atom is -0.350 e. The van der Waals surface area contributed by atoms with E-state index >= 15 is 0 Å². The molecular weight excluding hydrogens is 374 g/mol. The number of anilines is 1. The Morgan fingerprint density at radius 1 is 1.11 bits per heavy atom. The van der Waals surface area contributed by atoms with Gasteiger partial charge in [-0.3, -0.25) is 0 Å². The molecule has 0 atom stereocenters. The zero-order chi connectivity index (χ0) is 18.8. The Balaban J connectivity index is 1.58. The van der Waals surface area contributed by atoms with Crippen molar-refractivity contribution in [2.75, 3.05) is 11.6 Å². The summed E-state index contributed by atoms with van der Waals surface area (Å²) in [6, 6.07) is 10.8. The summed E-state index contributed by atoms with van der Waals surface area (Å²) in [4.78, 5) is 9.25. The van der Waals surface area contributed by atoms with Crippen molar-refractivity contribution in [3.8, 4) is 11.1 Å². The van der Waals surface area contributed by atoms with Crippen LogP contribution >= 0.6 is 23.1 Å². The highest BCUT2D eigenvalue weighted by atomic mass is 32.2. The van der Waals surface area contributed by atoms with Crippen LogP contribution in [0.25, 0.3) is 16.8 Å². The largest absolute Gasteiger partial charge is 0.350 e. The molecule has 0 amide bonds. The van der Waals surface area contributed by atoms with Gasteiger partial charge in [0.2, 0.25) is 5.95 Å². The van der Waals surface area contributed by atoms with Crippen molar-refractivity contribution >= 4 is 34.7 Å². The van der Waals surface area contributed by atoms with Crippen LogP contribution in [-0.4, -0.2) is 25.8 Å². The molecule has 0 bridgehead atoms. The first-order chi connectivity index (χ1) is 13.2. The molecule has 0 spiro atoms. The van der Waals surface area contributed by atoms with E-state index in [1.807, 2.05) is 12.5 Å². The molecule has 0 unspecified atom stereocenters. The van der Waals surface area contributed by atoms with Crippen LogP contribution in [0.5, 0.6) is 0 Å². The lowest BCUT2D eigenvalue weighted by Crippen LogP contribution is -2.09. The highest BCUT2D eigenvalue weighted by molar-refractivity contribution is 7.98. The fraction of sp³-hybridized carbons (Fsp3) is 0.250. The Morgan fingerprint density at radius 2 is 1.93 bits per heavy atom. The third-order valence-electron chi connectivity index (χ3n) is 4.44. The Hall–Kier alpha value is -2.38. The first-order valence-electron chi connectivity index (χ1n) is 8.80. The van der Waals surface area contributed by atoms with Gasteiger partial charge in [0.25, 0.3) is 0 Å². The highest BCUT2D eigenvalue weighted by Crippen LogP contribution is 2.24. The van der Waals surface area contributed by atoms with E-state index in [-0.39, 0.29) is 0 Å². The molecule has 0 fully saturated rings. The van der Waals surface area contributed by atoms with Crippen molar-refractivity contribution in [2.45, 2.75) is 31.5 Å². The van der Waals surface area contributed by atoms with E-state index in [1.54, 1.807) is 27.6 Å². The normalized spacial score (nSPS) is 11.4. The standard InChI is InChI=1S/C20H21N5S2/c1-13(2)17-11-22-25-18(17)23-20(26-3)24-19(25)21-10-14-4-6-15(7-5-14)16-8-9-27-12-16/h4-9,11-13H,10H2,1-3H3,(H,21,23,24). The number of aromatic nitrogens is 4. The number of fused-ring (bicyclic) bond motifs is 1. The van der Waals surface area contributed by atoms with Gasteiger partial charge in [-0.25, -0.2) is 4.98 Å². The van der Waals surface area contributed by atoms with Gasteiger partial charge in [0.1, 0.15) is 0 Å². The van der Waals surface area contributed by atoms with Crippen molar-refractivity contribution in [1.82, 2.24) is 19.6 Å². The van der Waals surface area contributed by atoms with Gasteiger partial charge in [-0.15, -0.1) is 0 Å². The third-order valence-corrected chi connectivity index (χ3v) is 5.67. The molecule has 138 valence electrons. The number of benzene rings is 1. The molecule has 1 aromatic carbocycles. The van der Waals surface area contributed by atoms with Crippen LogP contribution in [0.1, 0.15) is 30.9 Å². The summed E-state index contributed by atoms with van der Waals surface area (Å²) in [5.41, 5.74) is 5.71. The second-order valence-corrected chi connectivity index (χ2v) is 8.14. The number of rotatable bonds is 6. The molecule has 27 heavy (non-hydrogen) atoms. The molecule has 1 N–H and O–H groups in total. The van der Waals surface area contributed by atoms with Crippen molar-refractivity contribution in [3.05, 3.63) is 58.4 Å². The van der Waals surface area contributed by atoms with Gasteiger partial charge in [0, 0.05) is 12.1 Å². The zero-order valence-electron chi connectivity index (χ0n) is 15.5. The van der Waals surface area contributed by atoms with Crippen LogP contribution in [0.2, 0.25) is 0 Å². The Morgan fingerprint density at radius 3 is 2.59 bits per heavy atom. The average Bonchev–Trinajstić information content (AvgIpc) is 3.36. The summed E-state index contributed by atoms with van der Waals surface area (Å²) in [5, 5.41) is 12.9. The van der Waals surface area contributed by atoms with Crippen molar-refractivity contribution in [3.63, 3.8) is 0 Å². The van der Waals surface area contributed by atoms with Crippen LogP contribution < -0.4 is 5.32 Å². The first kappa shape index (κ1) is 18.0. The molecule has 0 saturated heterocycles. The summed E-state index contributed by atoms with van der Waals surface area (Å²) < 4.78 is 1.80. The van der Waals surface area contributed by atoms with E-state index in [0.29, 0.717) is 12.5 Å². The monoisotopic (exact) mass is 395 g/mol. The predicted octanol–water partition coefficient (Wildman–Crippen LogP) is 5.31. The minimum absolute atomic E-state index is 0.365. The zero-order valence-corrected chi connectivity index (χ0v) is 17.1. The summed E-state index contributed by atoms with van der Waals surface area (Å²) in [6.45, 7) is 4.99. The molecule has 0 aliphatic rings. The fourth-order valence-electron chi connectivity index (χ4n) is 2.91. The van der Waals surface area contributed by atoms with Crippen LogP contribution in [0, 0.1) is 0 Å². The van der Waals surface area contributed by atoms with E-state index in [2.05, 4.69) is 75.3 Å². The number of nitrogens with one attached hydrogen (secondary N) is 1. The molecule has 3 aromatic heterocycles. The average molecular weight is 396 g/mol. The van der Waals surface area contributed by atoms with E-state index in [4.69, 9.17) is 0 Å².